The van der Waals surface area contributed by atoms with Gasteiger partial charge in [-0.3, -0.25) is 4.79 Å². The van der Waals surface area contributed by atoms with E-state index in [0.717, 1.165) is 17.0 Å². The number of carbonyl (C=O) groups is 2. The fraction of sp³-hybridized carbons (Fsp3) is 0.143. The number of hydrogen-bond acceptors (Lipinski definition) is 6. The maximum absolute atomic E-state index is 13.3. The van der Waals surface area contributed by atoms with E-state index < -0.39 is 30.1 Å². The number of thiophene rings is 1. The zero-order valence-corrected chi connectivity index (χ0v) is 17.1. The number of aryl methyl sites for hydroxylation is 1. The first kappa shape index (κ1) is 20.6. The van der Waals surface area contributed by atoms with Crippen molar-refractivity contribution in [1.29, 1.82) is 0 Å². The molecule has 4 rings (SSSR count). The number of amides is 1. The minimum atomic E-state index is -1.09. The summed E-state index contributed by atoms with van der Waals surface area (Å²) in [6.45, 7) is 1.87. The van der Waals surface area contributed by atoms with Gasteiger partial charge in [-0.25, -0.2) is 23.2 Å². The second-order valence-corrected chi connectivity index (χ2v) is 7.43. The molecule has 1 N–H and O–H groups in total. The fourth-order valence-corrected chi connectivity index (χ4v) is 3.66. The number of fused-ring (bicyclic) bond motifs is 1. The molecule has 0 atom stereocenters. The topological polar surface area (TPSA) is 86.1 Å². The number of hydrogen-bond donors (Lipinski definition) is 1. The highest BCUT2D eigenvalue weighted by Crippen LogP contribution is 2.28. The highest BCUT2D eigenvalue weighted by Gasteiger charge is 2.19. The average Bonchev–Trinajstić information content (AvgIpc) is 3.43. The van der Waals surface area contributed by atoms with Crippen LogP contribution in [0.1, 0.15) is 17.3 Å². The molecule has 0 aliphatic carbocycles. The van der Waals surface area contributed by atoms with E-state index in [0.29, 0.717) is 23.3 Å². The maximum Gasteiger partial charge on any atom is 0.339 e. The summed E-state index contributed by atoms with van der Waals surface area (Å²) in [6.07, 6.45) is 1.53. The average molecular weight is 442 g/mol. The van der Waals surface area contributed by atoms with Gasteiger partial charge >= 0.3 is 5.97 Å². The summed E-state index contributed by atoms with van der Waals surface area (Å²) in [4.78, 5) is 30.3. The largest absolute Gasteiger partial charge is 0.452 e. The van der Waals surface area contributed by atoms with Crippen LogP contribution in [0.25, 0.3) is 21.6 Å². The first-order chi connectivity index (χ1) is 15.0. The van der Waals surface area contributed by atoms with Gasteiger partial charge in [0.05, 0.1) is 27.7 Å². The Hall–Kier alpha value is -3.66. The van der Waals surface area contributed by atoms with Crippen molar-refractivity contribution in [3.05, 3.63) is 65.2 Å². The number of nitrogens with zero attached hydrogens (tertiary/aromatic N) is 3. The Bertz CT molecular complexity index is 1270. The minimum absolute atomic E-state index is 0.0513. The maximum atomic E-state index is 13.3. The van der Waals surface area contributed by atoms with Crippen molar-refractivity contribution in [1.82, 2.24) is 14.8 Å². The predicted octanol–water partition coefficient (Wildman–Crippen LogP) is 4.25. The van der Waals surface area contributed by atoms with Crippen LogP contribution < -0.4 is 5.32 Å². The molecule has 3 aromatic heterocycles. The summed E-state index contributed by atoms with van der Waals surface area (Å²) < 4.78 is 33.1. The third-order valence-corrected chi connectivity index (χ3v) is 5.33. The van der Waals surface area contributed by atoms with Crippen LogP contribution >= 0.6 is 11.3 Å². The summed E-state index contributed by atoms with van der Waals surface area (Å²) >= 11 is 1.48. The number of halogens is 2. The minimum Gasteiger partial charge on any atom is -0.452 e. The lowest BCUT2D eigenvalue weighted by atomic mass is 10.1. The fourth-order valence-electron chi connectivity index (χ4n) is 2.98. The smallest absolute Gasteiger partial charge is 0.339 e. The van der Waals surface area contributed by atoms with Crippen molar-refractivity contribution in [2.24, 2.45) is 0 Å². The molecular weight excluding hydrogens is 426 g/mol. The van der Waals surface area contributed by atoms with E-state index in [-0.39, 0.29) is 11.3 Å². The number of aromatic nitrogens is 3. The number of pyridine rings is 1. The number of rotatable bonds is 6. The van der Waals surface area contributed by atoms with Gasteiger partial charge in [-0.15, -0.1) is 11.3 Å². The van der Waals surface area contributed by atoms with Crippen molar-refractivity contribution in [3.8, 4) is 10.6 Å². The Morgan fingerprint density at radius 3 is 2.74 bits per heavy atom. The van der Waals surface area contributed by atoms with Crippen molar-refractivity contribution >= 4 is 39.9 Å². The monoisotopic (exact) mass is 442 g/mol. The molecule has 4 aromatic rings. The van der Waals surface area contributed by atoms with Crippen molar-refractivity contribution < 1.29 is 23.1 Å². The molecular formula is C21H16F2N4O3S. The summed E-state index contributed by atoms with van der Waals surface area (Å²) in [7, 11) is 0. The molecule has 1 aromatic carbocycles. The molecule has 31 heavy (non-hydrogen) atoms. The van der Waals surface area contributed by atoms with Crippen molar-refractivity contribution in [2.45, 2.75) is 13.5 Å². The van der Waals surface area contributed by atoms with Gasteiger partial charge in [0, 0.05) is 18.3 Å². The summed E-state index contributed by atoms with van der Waals surface area (Å²) in [5.74, 6) is -3.53. The van der Waals surface area contributed by atoms with Crippen LogP contribution in [0.5, 0.6) is 0 Å². The van der Waals surface area contributed by atoms with Crippen LogP contribution in [0.4, 0.5) is 14.5 Å². The third-order valence-electron chi connectivity index (χ3n) is 4.44. The van der Waals surface area contributed by atoms with Crippen LogP contribution in [0.15, 0.2) is 48.0 Å². The normalized spacial score (nSPS) is 10.9. The summed E-state index contributed by atoms with van der Waals surface area (Å²) in [5.41, 5.74) is 1.41. The second-order valence-electron chi connectivity index (χ2n) is 6.48. The van der Waals surface area contributed by atoms with Crippen molar-refractivity contribution in [2.75, 3.05) is 11.9 Å². The third kappa shape index (κ3) is 4.29. The van der Waals surface area contributed by atoms with Crippen LogP contribution in [0.2, 0.25) is 0 Å². The molecule has 10 heteroatoms. The molecule has 1 amide bonds. The molecule has 0 unspecified atom stereocenters. The summed E-state index contributed by atoms with van der Waals surface area (Å²) in [5, 5.41) is 9.01. The van der Waals surface area contributed by atoms with E-state index >= 15 is 0 Å². The molecule has 0 aliphatic rings. The molecule has 7 nitrogen and oxygen atoms in total. The molecule has 0 saturated carbocycles. The summed E-state index contributed by atoms with van der Waals surface area (Å²) in [6, 6.07) is 8.30. The van der Waals surface area contributed by atoms with Crippen LogP contribution in [-0.4, -0.2) is 33.2 Å². The predicted molar refractivity (Wildman–Crippen MR) is 112 cm³/mol. The molecule has 158 valence electrons. The van der Waals surface area contributed by atoms with E-state index in [4.69, 9.17) is 4.74 Å². The first-order valence-electron chi connectivity index (χ1n) is 9.28. The van der Waals surface area contributed by atoms with Crippen LogP contribution in [0, 0.1) is 11.6 Å². The van der Waals surface area contributed by atoms with Gasteiger partial charge in [-0.1, -0.05) is 6.07 Å². The second kappa shape index (κ2) is 8.60. The van der Waals surface area contributed by atoms with E-state index in [2.05, 4.69) is 15.4 Å². The van der Waals surface area contributed by atoms with Gasteiger partial charge in [0.25, 0.3) is 5.91 Å². The number of carbonyl (C=O) groups excluding carboxylic acids is 2. The highest BCUT2D eigenvalue weighted by molar-refractivity contribution is 7.13. The Morgan fingerprint density at radius 1 is 1.19 bits per heavy atom. The molecule has 0 saturated heterocycles. The number of benzene rings is 1. The molecule has 3 heterocycles. The SMILES string of the molecule is CCn1ncc2c(C(=O)OCC(=O)Nc3ccc(F)c(F)c3)cc(-c3cccs3)nc21. The van der Waals surface area contributed by atoms with Crippen LogP contribution in [0.3, 0.4) is 0 Å². The van der Waals surface area contributed by atoms with Gasteiger partial charge in [0.2, 0.25) is 0 Å². The molecule has 0 bridgehead atoms. The number of esters is 1. The van der Waals surface area contributed by atoms with E-state index in [1.54, 1.807) is 10.7 Å². The van der Waals surface area contributed by atoms with Crippen molar-refractivity contribution in [3.63, 3.8) is 0 Å². The standard InChI is InChI=1S/C21H16F2N4O3S/c1-2-27-20-14(10-24-27)13(9-17(26-20)18-4-3-7-31-18)21(29)30-11-19(28)25-12-5-6-15(22)16(23)8-12/h3-10H,2,11H2,1H3,(H,25,28). The number of ether oxygens (including phenoxy) is 1. The highest BCUT2D eigenvalue weighted by atomic mass is 32.1. The van der Waals surface area contributed by atoms with E-state index in [1.165, 1.54) is 23.6 Å². The quantitative estimate of drug-likeness (QED) is 0.451. The van der Waals surface area contributed by atoms with E-state index in [9.17, 15) is 18.4 Å². The Morgan fingerprint density at radius 2 is 2.03 bits per heavy atom. The Kier molecular flexibility index (Phi) is 5.72. The molecule has 0 fully saturated rings. The van der Waals surface area contributed by atoms with Gasteiger partial charge in [-0.2, -0.15) is 5.10 Å². The van der Waals surface area contributed by atoms with Gasteiger partial charge in [-0.05, 0) is 36.6 Å². The molecule has 0 aliphatic heterocycles. The van der Waals surface area contributed by atoms with E-state index in [1.807, 2.05) is 24.4 Å². The van der Waals surface area contributed by atoms with Crippen LogP contribution in [-0.2, 0) is 16.1 Å². The number of anilines is 1. The van der Waals surface area contributed by atoms with Gasteiger partial charge < -0.3 is 10.1 Å². The lowest BCUT2D eigenvalue weighted by Gasteiger charge is -2.09. The lowest BCUT2D eigenvalue weighted by molar-refractivity contribution is -0.119. The molecule has 0 radical (unpaired) electrons. The Labute approximate surface area is 179 Å². The zero-order chi connectivity index (χ0) is 22.0. The Balaban J connectivity index is 1.55. The number of nitrogens with one attached hydrogen (secondary N) is 1. The van der Waals surface area contributed by atoms with Gasteiger partial charge in [0.15, 0.2) is 23.9 Å². The first-order valence-corrected chi connectivity index (χ1v) is 10.2. The van der Waals surface area contributed by atoms with Gasteiger partial charge in [0.1, 0.15) is 0 Å². The lowest BCUT2D eigenvalue weighted by Crippen LogP contribution is -2.21. The zero-order valence-electron chi connectivity index (χ0n) is 16.3. The molecule has 0 spiro atoms.